The second kappa shape index (κ2) is 9.37. The molecule has 0 fully saturated rings. The van der Waals surface area contributed by atoms with Crippen LogP contribution in [0.4, 0.5) is 30.7 Å². The third-order valence-electron chi connectivity index (χ3n) is 4.95. The first kappa shape index (κ1) is 25.4. The number of aldehydes is 1. The third-order valence-corrected chi connectivity index (χ3v) is 5.78. The number of hydrogen-bond donors (Lipinski definition) is 0. The van der Waals surface area contributed by atoms with Crippen molar-refractivity contribution in [3.05, 3.63) is 70.5 Å². The van der Waals surface area contributed by atoms with Gasteiger partial charge in [-0.05, 0) is 43.3 Å². The molecule has 2 aromatic heterocycles. The normalized spacial score (nSPS) is 12.1. The molecule has 0 spiro atoms. The number of rotatable bonds is 6. The second-order valence-electron chi connectivity index (χ2n) is 7.38. The third kappa shape index (κ3) is 5.10. The van der Waals surface area contributed by atoms with Gasteiger partial charge >= 0.3 is 12.4 Å². The van der Waals surface area contributed by atoms with Gasteiger partial charge in [0.05, 0.1) is 29.0 Å². The van der Waals surface area contributed by atoms with E-state index in [1.165, 1.54) is 12.1 Å². The Morgan fingerprint density at radius 1 is 1.00 bits per heavy atom. The van der Waals surface area contributed by atoms with E-state index in [-0.39, 0.29) is 41.1 Å². The minimum Gasteiger partial charge on any atom is -0.491 e. The van der Waals surface area contributed by atoms with Gasteiger partial charge in [0.25, 0.3) is 0 Å². The van der Waals surface area contributed by atoms with Gasteiger partial charge in [-0.15, -0.1) is 11.3 Å². The van der Waals surface area contributed by atoms with Gasteiger partial charge in [-0.3, -0.25) is 4.79 Å². The number of carbonyl (C=O) groups is 1. The lowest BCUT2D eigenvalue weighted by Gasteiger charge is -2.13. The Morgan fingerprint density at radius 3 is 2.22 bits per heavy atom. The molecule has 13 heteroatoms. The number of thiazole rings is 1. The monoisotopic (exact) mass is 529 g/mol. The second-order valence-corrected chi connectivity index (χ2v) is 8.22. The molecule has 0 N–H and O–H groups in total. The van der Waals surface area contributed by atoms with E-state index in [0.29, 0.717) is 23.4 Å². The van der Waals surface area contributed by atoms with E-state index in [1.807, 2.05) is 0 Å². The van der Waals surface area contributed by atoms with Gasteiger partial charge < -0.3 is 4.74 Å². The van der Waals surface area contributed by atoms with Gasteiger partial charge in [-0.25, -0.2) is 14.1 Å². The van der Waals surface area contributed by atoms with Crippen LogP contribution in [0.2, 0.25) is 0 Å². The van der Waals surface area contributed by atoms with E-state index in [1.54, 1.807) is 18.4 Å². The van der Waals surface area contributed by atoms with E-state index in [4.69, 9.17) is 4.74 Å². The fraction of sp³-hybridized carbons (Fsp3) is 0.174. The summed E-state index contributed by atoms with van der Waals surface area (Å²) >= 11 is 1.02. The molecule has 188 valence electrons. The van der Waals surface area contributed by atoms with Gasteiger partial charge in [0.2, 0.25) is 5.13 Å². The molecule has 0 aliphatic heterocycles. The summed E-state index contributed by atoms with van der Waals surface area (Å²) in [5, 5.41) is 5.74. The van der Waals surface area contributed by atoms with Gasteiger partial charge in [0.15, 0.2) is 17.9 Å². The van der Waals surface area contributed by atoms with Crippen LogP contribution in [0.25, 0.3) is 27.6 Å². The van der Waals surface area contributed by atoms with Crippen molar-refractivity contribution in [2.45, 2.75) is 19.3 Å². The summed E-state index contributed by atoms with van der Waals surface area (Å²) in [5.74, 6) is -0.554. The van der Waals surface area contributed by atoms with Crippen LogP contribution in [-0.4, -0.2) is 27.7 Å². The number of nitrogens with zero attached hydrogens (tertiary/aromatic N) is 3. The van der Waals surface area contributed by atoms with Gasteiger partial charge in [0.1, 0.15) is 5.69 Å². The van der Waals surface area contributed by atoms with Crippen LogP contribution in [0.1, 0.15) is 28.4 Å². The van der Waals surface area contributed by atoms with E-state index in [0.717, 1.165) is 22.2 Å². The molecular weight excluding hydrogens is 515 g/mol. The first-order chi connectivity index (χ1) is 16.9. The molecular formula is C23H14F7N3O2S. The average Bonchev–Trinajstić information content (AvgIpc) is 3.46. The molecule has 2 heterocycles. The molecule has 4 aromatic rings. The van der Waals surface area contributed by atoms with Crippen LogP contribution in [0.3, 0.4) is 0 Å². The number of halogens is 7. The van der Waals surface area contributed by atoms with Crippen LogP contribution in [-0.2, 0) is 12.4 Å². The number of benzene rings is 2. The summed E-state index contributed by atoms with van der Waals surface area (Å²) in [6, 6.07) is 5.17. The Kier molecular flexibility index (Phi) is 6.60. The highest BCUT2D eigenvalue weighted by Gasteiger charge is 2.37. The van der Waals surface area contributed by atoms with E-state index in [9.17, 15) is 35.5 Å². The number of hydrogen-bond acceptors (Lipinski definition) is 5. The number of alkyl halides is 6. The Bertz CT molecular complexity index is 1390. The molecule has 0 unspecified atom stereocenters. The summed E-state index contributed by atoms with van der Waals surface area (Å²) in [4.78, 5) is 15.9. The summed E-state index contributed by atoms with van der Waals surface area (Å²) in [5.41, 5.74) is -3.50. The van der Waals surface area contributed by atoms with Crippen LogP contribution in [0.15, 0.2) is 48.0 Å². The van der Waals surface area contributed by atoms with Crippen LogP contribution in [0, 0.1) is 5.82 Å². The van der Waals surface area contributed by atoms with Crippen molar-refractivity contribution < 1.29 is 40.3 Å². The predicted octanol–water partition coefficient (Wildman–Crippen LogP) is 7.05. The van der Waals surface area contributed by atoms with Crippen molar-refractivity contribution in [1.29, 1.82) is 0 Å². The van der Waals surface area contributed by atoms with E-state index in [2.05, 4.69) is 10.1 Å². The van der Waals surface area contributed by atoms with Crippen LogP contribution >= 0.6 is 11.3 Å². The molecule has 0 amide bonds. The zero-order valence-corrected chi connectivity index (χ0v) is 18.9. The lowest BCUT2D eigenvalue weighted by atomic mass is 10.0. The topological polar surface area (TPSA) is 57.0 Å². The Labute approximate surface area is 202 Å². The maximum absolute atomic E-state index is 14.2. The minimum absolute atomic E-state index is 0.00979. The van der Waals surface area contributed by atoms with Crippen molar-refractivity contribution >= 4 is 17.6 Å². The highest BCUT2D eigenvalue weighted by atomic mass is 32.1. The molecule has 0 aliphatic rings. The van der Waals surface area contributed by atoms with Gasteiger partial charge in [0, 0.05) is 22.7 Å². The summed E-state index contributed by atoms with van der Waals surface area (Å²) in [6.07, 6.45) is -8.71. The molecule has 36 heavy (non-hydrogen) atoms. The van der Waals surface area contributed by atoms with E-state index < -0.39 is 34.9 Å². The molecule has 4 rings (SSSR count). The van der Waals surface area contributed by atoms with E-state index >= 15 is 0 Å². The van der Waals surface area contributed by atoms with Gasteiger partial charge in [-0.1, -0.05) is 0 Å². The SMILES string of the molecule is CCOc1ccc(-c2csc(-n3cc(C=O)c(-c4cc(C(F)(F)F)cc(C(F)(F)F)c4)n3)n2)cc1F. The Balaban J connectivity index is 1.75. The van der Waals surface area contributed by atoms with Crippen molar-refractivity contribution in [3.63, 3.8) is 0 Å². The predicted molar refractivity (Wildman–Crippen MR) is 117 cm³/mol. The van der Waals surface area contributed by atoms with Crippen molar-refractivity contribution in [2.24, 2.45) is 0 Å². The molecule has 5 nitrogen and oxygen atoms in total. The largest absolute Gasteiger partial charge is 0.491 e. The quantitative estimate of drug-likeness (QED) is 0.198. The fourth-order valence-corrected chi connectivity index (χ4v) is 4.08. The lowest BCUT2D eigenvalue weighted by Crippen LogP contribution is -2.11. The molecule has 0 aliphatic carbocycles. The molecule has 0 saturated heterocycles. The zero-order chi connectivity index (χ0) is 26.3. The first-order valence-electron chi connectivity index (χ1n) is 10.1. The van der Waals surface area contributed by atoms with Crippen molar-refractivity contribution in [2.75, 3.05) is 6.61 Å². The fourth-order valence-electron chi connectivity index (χ4n) is 3.32. The van der Waals surface area contributed by atoms with Crippen molar-refractivity contribution in [3.8, 4) is 33.4 Å². The lowest BCUT2D eigenvalue weighted by molar-refractivity contribution is -0.143. The van der Waals surface area contributed by atoms with Gasteiger partial charge in [-0.2, -0.15) is 31.4 Å². The zero-order valence-electron chi connectivity index (χ0n) is 18.1. The molecule has 2 aromatic carbocycles. The maximum atomic E-state index is 14.2. The first-order valence-corrected chi connectivity index (χ1v) is 11.0. The standard InChI is InChI=1S/C23H14F7N3O2S/c1-2-35-19-4-3-12(7-17(19)24)18-11-36-21(31-18)33-9-14(10-34)20(32-33)13-5-15(22(25,26)27)8-16(6-13)23(28,29)30/h3-11H,2H2,1H3. The summed E-state index contributed by atoms with van der Waals surface area (Å²) in [7, 11) is 0. The molecule has 0 saturated carbocycles. The Hall–Kier alpha value is -3.74. The molecule has 0 bridgehead atoms. The highest BCUT2D eigenvalue weighted by molar-refractivity contribution is 7.12. The molecule has 0 atom stereocenters. The number of ether oxygens (including phenoxy) is 1. The molecule has 0 radical (unpaired) electrons. The smallest absolute Gasteiger partial charge is 0.416 e. The summed E-state index contributed by atoms with van der Waals surface area (Å²) in [6.45, 7) is 1.98. The minimum atomic E-state index is -5.06. The van der Waals surface area contributed by atoms with Crippen molar-refractivity contribution in [1.82, 2.24) is 14.8 Å². The number of carbonyl (C=O) groups excluding carboxylic acids is 1. The van der Waals surface area contributed by atoms with Crippen LogP contribution in [0.5, 0.6) is 5.75 Å². The number of aromatic nitrogens is 3. The van der Waals surface area contributed by atoms with Crippen LogP contribution < -0.4 is 4.74 Å². The average molecular weight is 529 g/mol. The maximum Gasteiger partial charge on any atom is 0.416 e. The summed E-state index contributed by atoms with van der Waals surface area (Å²) < 4.78 is 100.0. The Morgan fingerprint density at radius 2 is 1.67 bits per heavy atom. The highest BCUT2D eigenvalue weighted by Crippen LogP contribution is 2.39.